The summed E-state index contributed by atoms with van der Waals surface area (Å²) in [6, 6.07) is 0.268. The predicted octanol–water partition coefficient (Wildman–Crippen LogP) is 2.07. The molecule has 0 radical (unpaired) electrons. The molecule has 2 heterocycles. The largest absolute Gasteiger partial charge is 0.461 e. The van der Waals surface area contributed by atoms with E-state index in [-0.39, 0.29) is 17.4 Å². The van der Waals surface area contributed by atoms with E-state index in [4.69, 9.17) is 16.3 Å². The second-order valence-corrected chi connectivity index (χ2v) is 5.64. The Balaban J connectivity index is 1.90. The molecule has 1 aromatic heterocycles. The van der Waals surface area contributed by atoms with Crippen LogP contribution in [0.15, 0.2) is 0 Å². The van der Waals surface area contributed by atoms with Crippen LogP contribution < -0.4 is 10.1 Å². The molecule has 1 unspecified atom stereocenters. The zero-order valence-electron chi connectivity index (χ0n) is 12.3. The first-order valence-corrected chi connectivity index (χ1v) is 7.49. The Morgan fingerprint density at radius 1 is 1.40 bits per heavy atom. The van der Waals surface area contributed by atoms with Crippen molar-refractivity contribution in [3.63, 3.8) is 0 Å². The highest BCUT2D eigenvalue weighted by atomic mass is 35.5. The number of nitrogens with zero attached hydrogens (tertiary/aromatic N) is 4. The molecule has 2 rings (SSSR count). The van der Waals surface area contributed by atoms with Crippen LogP contribution in [-0.4, -0.2) is 52.1 Å². The van der Waals surface area contributed by atoms with Crippen LogP contribution in [0.4, 0.5) is 5.95 Å². The average Bonchev–Trinajstić information content (AvgIpc) is 2.83. The highest BCUT2D eigenvalue weighted by Crippen LogP contribution is 2.17. The quantitative estimate of drug-likeness (QED) is 0.867. The third-order valence-corrected chi connectivity index (χ3v) is 3.46. The molecule has 0 aromatic carbocycles. The molecule has 6 nitrogen and oxygen atoms in total. The minimum absolute atomic E-state index is 0.00858. The number of nitrogens with one attached hydrogen (secondary N) is 1. The molecule has 1 aliphatic heterocycles. The maximum Gasteiger partial charge on any atom is 0.322 e. The van der Waals surface area contributed by atoms with Gasteiger partial charge in [0.1, 0.15) is 0 Å². The van der Waals surface area contributed by atoms with Gasteiger partial charge in [0.25, 0.3) is 0 Å². The van der Waals surface area contributed by atoms with E-state index in [1.54, 1.807) is 0 Å². The maximum atomic E-state index is 5.88. The van der Waals surface area contributed by atoms with Gasteiger partial charge in [-0.05, 0) is 50.9 Å². The lowest BCUT2D eigenvalue weighted by Crippen LogP contribution is -2.23. The minimum atomic E-state index is 0.00858. The Morgan fingerprint density at radius 3 is 2.85 bits per heavy atom. The van der Waals surface area contributed by atoms with E-state index in [0.29, 0.717) is 11.9 Å². The molecule has 0 saturated carbocycles. The number of hydrogen-bond acceptors (Lipinski definition) is 6. The Morgan fingerprint density at radius 2 is 2.20 bits per heavy atom. The van der Waals surface area contributed by atoms with Gasteiger partial charge in [-0.15, -0.1) is 0 Å². The van der Waals surface area contributed by atoms with Gasteiger partial charge in [-0.1, -0.05) is 6.92 Å². The fourth-order valence-electron chi connectivity index (χ4n) is 2.28. The molecule has 0 amide bonds. The van der Waals surface area contributed by atoms with Gasteiger partial charge in [0.15, 0.2) is 0 Å². The summed E-state index contributed by atoms with van der Waals surface area (Å²) in [5, 5.41) is 3.38. The van der Waals surface area contributed by atoms with Gasteiger partial charge in [-0.3, -0.25) is 0 Å². The van der Waals surface area contributed by atoms with Crippen LogP contribution >= 0.6 is 11.6 Å². The topological polar surface area (TPSA) is 63.2 Å². The van der Waals surface area contributed by atoms with Crippen LogP contribution in [0.3, 0.4) is 0 Å². The maximum absolute atomic E-state index is 5.88. The summed E-state index contributed by atoms with van der Waals surface area (Å²) in [6.07, 6.45) is 1.21. The minimum Gasteiger partial charge on any atom is -0.461 e. The van der Waals surface area contributed by atoms with Gasteiger partial charge >= 0.3 is 6.01 Å². The number of rotatable bonds is 6. The summed E-state index contributed by atoms with van der Waals surface area (Å²) in [4.78, 5) is 14.7. The third kappa shape index (κ3) is 4.45. The monoisotopic (exact) mass is 299 g/mol. The fraction of sp³-hybridized carbons (Fsp3) is 0.769. The lowest BCUT2D eigenvalue weighted by atomic mass is 10.1. The van der Waals surface area contributed by atoms with Crippen molar-refractivity contribution in [2.45, 2.75) is 33.3 Å². The van der Waals surface area contributed by atoms with Crippen LogP contribution in [0, 0.1) is 5.92 Å². The first kappa shape index (κ1) is 15.3. The van der Waals surface area contributed by atoms with Gasteiger partial charge in [-0.25, -0.2) is 0 Å². The molecule has 0 bridgehead atoms. The van der Waals surface area contributed by atoms with Crippen molar-refractivity contribution in [3.05, 3.63) is 5.28 Å². The molecule has 1 N–H and O–H groups in total. The summed E-state index contributed by atoms with van der Waals surface area (Å²) in [5.41, 5.74) is 0. The Hall–Kier alpha value is -1.14. The van der Waals surface area contributed by atoms with Crippen molar-refractivity contribution in [1.29, 1.82) is 0 Å². The lowest BCUT2D eigenvalue weighted by molar-refractivity contribution is 0.222. The Bertz CT molecular complexity index is 443. The zero-order chi connectivity index (χ0) is 14.5. The van der Waals surface area contributed by atoms with E-state index in [2.05, 4.69) is 32.1 Å². The molecule has 7 heteroatoms. The molecule has 0 spiro atoms. The van der Waals surface area contributed by atoms with E-state index in [1.807, 2.05) is 13.8 Å². The number of halogens is 1. The van der Waals surface area contributed by atoms with Crippen molar-refractivity contribution in [2.75, 3.05) is 31.5 Å². The molecule has 1 atom stereocenters. The second kappa shape index (κ2) is 7.04. The van der Waals surface area contributed by atoms with Crippen LogP contribution in [0.5, 0.6) is 6.01 Å². The summed E-state index contributed by atoms with van der Waals surface area (Å²) in [7, 11) is 0. The summed E-state index contributed by atoms with van der Waals surface area (Å²) < 4.78 is 5.45. The lowest BCUT2D eigenvalue weighted by Gasteiger charge is -2.14. The molecule has 1 saturated heterocycles. The van der Waals surface area contributed by atoms with Crippen LogP contribution in [0.2, 0.25) is 5.28 Å². The summed E-state index contributed by atoms with van der Waals surface area (Å²) >= 11 is 5.88. The number of aromatic nitrogens is 3. The summed E-state index contributed by atoms with van der Waals surface area (Å²) in [6.45, 7) is 10.3. The van der Waals surface area contributed by atoms with Gasteiger partial charge in [0.05, 0.1) is 6.10 Å². The number of anilines is 1. The summed E-state index contributed by atoms with van der Waals surface area (Å²) in [5.74, 6) is 1.11. The van der Waals surface area contributed by atoms with E-state index in [0.717, 1.165) is 19.6 Å². The molecule has 112 valence electrons. The van der Waals surface area contributed by atoms with Crippen molar-refractivity contribution in [3.8, 4) is 6.01 Å². The van der Waals surface area contributed by atoms with Gasteiger partial charge in [0.2, 0.25) is 11.2 Å². The molecule has 1 fully saturated rings. The number of likely N-dealkylation sites (tertiary alicyclic amines) is 1. The highest BCUT2D eigenvalue weighted by molar-refractivity contribution is 6.28. The highest BCUT2D eigenvalue weighted by Gasteiger charge is 2.21. The predicted molar refractivity (Wildman–Crippen MR) is 79.3 cm³/mol. The van der Waals surface area contributed by atoms with Crippen LogP contribution in [0.1, 0.15) is 27.2 Å². The SMILES string of the molecule is CCN1CCC(CNc2nc(Cl)nc(OC(C)C)n2)C1. The normalized spacial score (nSPS) is 19.6. The van der Waals surface area contributed by atoms with E-state index in [1.165, 1.54) is 13.0 Å². The van der Waals surface area contributed by atoms with Gasteiger partial charge in [0, 0.05) is 13.1 Å². The zero-order valence-corrected chi connectivity index (χ0v) is 13.0. The molecule has 1 aromatic rings. The van der Waals surface area contributed by atoms with Gasteiger partial charge < -0.3 is 15.0 Å². The molecule has 20 heavy (non-hydrogen) atoms. The third-order valence-electron chi connectivity index (χ3n) is 3.29. The van der Waals surface area contributed by atoms with E-state index < -0.39 is 0 Å². The number of ether oxygens (including phenoxy) is 1. The Labute approximate surface area is 124 Å². The molecule has 0 aliphatic carbocycles. The molecular weight excluding hydrogens is 278 g/mol. The molecule has 1 aliphatic rings. The van der Waals surface area contributed by atoms with Crippen molar-refractivity contribution >= 4 is 17.5 Å². The average molecular weight is 300 g/mol. The standard InChI is InChI=1S/C13H22ClN5O/c1-4-19-6-5-10(8-19)7-15-12-16-11(14)17-13(18-12)20-9(2)3/h9-10H,4-8H2,1-3H3,(H,15,16,17,18). The van der Waals surface area contributed by atoms with E-state index >= 15 is 0 Å². The van der Waals surface area contributed by atoms with Gasteiger partial charge in [-0.2, -0.15) is 15.0 Å². The van der Waals surface area contributed by atoms with E-state index in [9.17, 15) is 0 Å². The van der Waals surface area contributed by atoms with Crippen LogP contribution in [-0.2, 0) is 0 Å². The first-order chi connectivity index (χ1) is 9.56. The fourth-order valence-corrected chi connectivity index (χ4v) is 2.43. The second-order valence-electron chi connectivity index (χ2n) is 5.31. The number of hydrogen-bond donors (Lipinski definition) is 1. The van der Waals surface area contributed by atoms with Crippen molar-refractivity contribution in [2.24, 2.45) is 5.92 Å². The van der Waals surface area contributed by atoms with Crippen molar-refractivity contribution < 1.29 is 4.74 Å². The smallest absolute Gasteiger partial charge is 0.322 e. The first-order valence-electron chi connectivity index (χ1n) is 7.11. The van der Waals surface area contributed by atoms with Crippen LogP contribution in [0.25, 0.3) is 0 Å². The molecular formula is C13H22ClN5O. The van der Waals surface area contributed by atoms with Crippen molar-refractivity contribution in [1.82, 2.24) is 19.9 Å². The Kier molecular flexibility index (Phi) is 5.37.